The molecule has 32 heavy (non-hydrogen) atoms. The lowest BCUT2D eigenvalue weighted by molar-refractivity contribution is -0.116. The van der Waals surface area contributed by atoms with E-state index in [2.05, 4.69) is 0 Å². The molecule has 0 saturated carbocycles. The number of aliphatic hydroxyl groups is 3. The number of aliphatic hydroxyl groups excluding tert-OH is 3. The number of rotatable bonds is 5. The topological polar surface area (TPSA) is 160 Å². The van der Waals surface area contributed by atoms with Crippen molar-refractivity contribution in [1.29, 1.82) is 0 Å². The average Bonchev–Trinajstić information content (AvgIpc) is 3.02. The van der Waals surface area contributed by atoms with Crippen LogP contribution in [-0.4, -0.2) is 69.0 Å². The largest absolute Gasteiger partial charge is 1.00 e. The maximum atomic E-state index is 10.2. The van der Waals surface area contributed by atoms with E-state index in [0.29, 0.717) is 5.56 Å². The Labute approximate surface area is 187 Å². The Morgan fingerprint density at radius 2 is 1.72 bits per heavy atom. The molecule has 4 rings (SSSR count). The Balaban J connectivity index is 0.00000289. The monoisotopic (exact) mass is 468 g/mol. The summed E-state index contributed by atoms with van der Waals surface area (Å²) in [5.74, 6) is -0.317. The van der Waals surface area contributed by atoms with E-state index in [4.69, 9.17) is 18.6 Å². The number of hydrogen-bond acceptors (Lipinski definition) is 9. The van der Waals surface area contributed by atoms with Crippen LogP contribution in [0.3, 0.4) is 0 Å². The Morgan fingerprint density at radius 1 is 0.969 bits per heavy atom. The van der Waals surface area contributed by atoms with Gasteiger partial charge in [-0.3, -0.25) is 0 Å². The minimum Gasteiger partial charge on any atom is -1.00 e. The first kappa shape index (κ1) is 23.6. The number of benzene rings is 2. The van der Waals surface area contributed by atoms with E-state index < -0.39 is 31.2 Å². The Morgan fingerprint density at radius 3 is 2.38 bits per heavy atom. The summed E-state index contributed by atoms with van der Waals surface area (Å²) < 4.78 is 22.1. The first-order chi connectivity index (χ1) is 14.8. The summed E-state index contributed by atoms with van der Waals surface area (Å²) in [6, 6.07) is 8.22. The van der Waals surface area contributed by atoms with Crippen LogP contribution in [0.4, 0.5) is 0 Å². The van der Waals surface area contributed by atoms with Gasteiger partial charge in [0, 0.05) is 18.2 Å². The molecule has 0 bridgehead atoms. The molecule has 6 N–H and O–H groups in total. The van der Waals surface area contributed by atoms with Crippen molar-refractivity contribution in [2.24, 2.45) is 0 Å². The lowest BCUT2D eigenvalue weighted by Gasteiger charge is -2.16. The second kappa shape index (κ2) is 9.23. The highest BCUT2D eigenvalue weighted by atomic mass is 35.5. The van der Waals surface area contributed by atoms with Crippen molar-refractivity contribution >= 4 is 11.0 Å². The van der Waals surface area contributed by atoms with Crippen molar-refractivity contribution in [2.75, 3.05) is 13.7 Å². The molecule has 11 heteroatoms. The standard InChI is InChI=1S/C21H20O10.ClH/c1-28-15-4-9(2-3-12(15)24)20-16(30-21-19(27)18(26)17(8-22)31-21)7-11-13(25)5-10(23)6-14(11)29-20;/h2-7,17-19,21-22,26-27H,8H2,1H3,(H2-,23,24,25);1H/t17-,18-,19+,21?;/m1./s1. The third-order valence-electron chi connectivity index (χ3n) is 5.00. The molecule has 1 aromatic heterocycles. The quantitative estimate of drug-likeness (QED) is 0.239. The SMILES string of the molecule is COc1cc(-c2[o+]c3cc(O)cc(O)c3cc2OC2O[C@H](CO)[C@@H](O)[C@@H]2O)ccc1O.[Cl-]. The number of fused-ring (bicyclic) bond motifs is 1. The highest BCUT2D eigenvalue weighted by molar-refractivity contribution is 5.88. The molecule has 1 saturated heterocycles. The molecule has 4 atom stereocenters. The third kappa shape index (κ3) is 4.18. The number of ether oxygens (including phenoxy) is 3. The summed E-state index contributed by atoms with van der Waals surface area (Å²) in [6.45, 7) is -0.526. The van der Waals surface area contributed by atoms with E-state index in [-0.39, 0.29) is 57.9 Å². The van der Waals surface area contributed by atoms with Crippen LogP contribution in [0.15, 0.2) is 40.8 Å². The number of phenolic OH excluding ortho intramolecular Hbond substituents is 3. The number of aromatic hydroxyl groups is 3. The van der Waals surface area contributed by atoms with E-state index in [1.807, 2.05) is 0 Å². The number of phenols is 3. The van der Waals surface area contributed by atoms with E-state index in [9.17, 15) is 30.6 Å². The van der Waals surface area contributed by atoms with E-state index in [1.54, 1.807) is 0 Å². The van der Waals surface area contributed by atoms with Crippen LogP contribution >= 0.6 is 0 Å². The van der Waals surface area contributed by atoms with Gasteiger partial charge in [0.25, 0.3) is 0 Å². The van der Waals surface area contributed by atoms with Crippen molar-refractivity contribution in [3.63, 3.8) is 0 Å². The van der Waals surface area contributed by atoms with Crippen molar-refractivity contribution in [3.05, 3.63) is 36.4 Å². The molecule has 1 aliphatic rings. The second-order valence-electron chi connectivity index (χ2n) is 7.03. The molecule has 172 valence electrons. The van der Waals surface area contributed by atoms with E-state index >= 15 is 0 Å². The van der Waals surface area contributed by atoms with Crippen molar-refractivity contribution in [3.8, 4) is 40.1 Å². The van der Waals surface area contributed by atoms with Crippen LogP contribution in [0.2, 0.25) is 0 Å². The van der Waals surface area contributed by atoms with Gasteiger partial charge in [-0.25, -0.2) is 4.42 Å². The molecule has 10 nitrogen and oxygen atoms in total. The molecule has 2 aromatic carbocycles. The molecular formula is C21H21ClO10. The summed E-state index contributed by atoms with van der Waals surface area (Å²) >= 11 is 0. The van der Waals surface area contributed by atoms with Gasteiger partial charge in [-0.15, -0.1) is 0 Å². The maximum absolute atomic E-state index is 10.2. The minimum atomic E-state index is -1.46. The fourth-order valence-corrected chi connectivity index (χ4v) is 3.38. The van der Waals surface area contributed by atoms with Gasteiger partial charge in [0.05, 0.1) is 25.3 Å². The third-order valence-corrected chi connectivity index (χ3v) is 5.00. The first-order valence-electron chi connectivity index (χ1n) is 9.31. The van der Waals surface area contributed by atoms with Gasteiger partial charge in [0.2, 0.25) is 12.0 Å². The lowest BCUT2D eigenvalue weighted by atomic mass is 10.1. The average molecular weight is 469 g/mol. The smallest absolute Gasteiger partial charge is 0.402 e. The number of hydrogen-bond donors (Lipinski definition) is 6. The molecular weight excluding hydrogens is 448 g/mol. The van der Waals surface area contributed by atoms with Gasteiger partial charge in [0.1, 0.15) is 35.2 Å². The van der Waals surface area contributed by atoms with Gasteiger partial charge in [-0.2, -0.15) is 0 Å². The predicted molar refractivity (Wildman–Crippen MR) is 106 cm³/mol. The zero-order valence-corrected chi connectivity index (χ0v) is 17.4. The van der Waals surface area contributed by atoms with Crippen LogP contribution in [0.25, 0.3) is 22.3 Å². The molecule has 0 spiro atoms. The zero-order valence-electron chi connectivity index (χ0n) is 16.7. The predicted octanol–water partition coefficient (Wildman–Crippen LogP) is -1.67. The van der Waals surface area contributed by atoms with Crippen LogP contribution < -0.4 is 21.9 Å². The van der Waals surface area contributed by atoms with Gasteiger partial charge in [-0.05, 0) is 12.1 Å². The van der Waals surface area contributed by atoms with Crippen LogP contribution in [0.5, 0.6) is 28.7 Å². The summed E-state index contributed by atoms with van der Waals surface area (Å²) in [5, 5.41) is 59.6. The molecule has 3 aromatic rings. The highest BCUT2D eigenvalue weighted by Gasteiger charge is 2.45. The molecule has 0 amide bonds. The molecule has 0 radical (unpaired) electrons. The summed E-state index contributed by atoms with van der Waals surface area (Å²) in [6.07, 6.45) is -5.20. The lowest BCUT2D eigenvalue weighted by Crippen LogP contribution is -3.00. The summed E-state index contributed by atoms with van der Waals surface area (Å²) in [4.78, 5) is 0. The van der Waals surface area contributed by atoms with E-state index in [0.717, 1.165) is 6.07 Å². The highest BCUT2D eigenvalue weighted by Crippen LogP contribution is 2.42. The van der Waals surface area contributed by atoms with Crippen LogP contribution in [0.1, 0.15) is 0 Å². The Bertz CT molecular complexity index is 1120. The molecule has 1 unspecified atom stereocenters. The van der Waals surface area contributed by atoms with Gasteiger partial charge < -0.3 is 57.3 Å². The van der Waals surface area contributed by atoms with Crippen molar-refractivity contribution in [2.45, 2.75) is 24.6 Å². The second-order valence-corrected chi connectivity index (χ2v) is 7.03. The maximum Gasteiger partial charge on any atom is 0.402 e. The molecule has 0 aliphatic carbocycles. The van der Waals surface area contributed by atoms with Gasteiger partial charge in [-0.1, -0.05) is 0 Å². The fraction of sp³-hybridized carbons (Fsp3) is 0.286. The summed E-state index contributed by atoms with van der Waals surface area (Å²) in [7, 11) is 1.38. The molecule has 1 aliphatic heterocycles. The Kier molecular flexibility index (Phi) is 6.82. The minimum absolute atomic E-state index is 0. The number of methoxy groups -OCH3 is 1. The van der Waals surface area contributed by atoms with E-state index in [1.165, 1.54) is 37.4 Å². The van der Waals surface area contributed by atoms with Crippen molar-refractivity contribution in [1.82, 2.24) is 0 Å². The number of halogens is 1. The Hall–Kier alpha value is -3.02. The van der Waals surface area contributed by atoms with Crippen molar-refractivity contribution < 1.29 is 61.7 Å². The normalized spacial score (nSPS) is 22.5. The van der Waals surface area contributed by atoms with Gasteiger partial charge >= 0.3 is 11.3 Å². The zero-order chi connectivity index (χ0) is 22.3. The van der Waals surface area contributed by atoms with Gasteiger partial charge in [0.15, 0.2) is 11.5 Å². The summed E-state index contributed by atoms with van der Waals surface area (Å²) in [5.41, 5.74) is 0.536. The first-order valence-corrected chi connectivity index (χ1v) is 9.31. The molecule has 2 heterocycles. The van der Waals surface area contributed by atoms with Crippen LogP contribution in [-0.2, 0) is 4.74 Å². The fourth-order valence-electron chi connectivity index (χ4n) is 3.38. The molecule has 1 fully saturated rings. The van der Waals surface area contributed by atoms with Crippen LogP contribution in [0, 0.1) is 0 Å².